The average Bonchev–Trinajstić information content (AvgIpc) is 3.62. The summed E-state index contributed by atoms with van der Waals surface area (Å²) >= 11 is 0. The van der Waals surface area contributed by atoms with Gasteiger partial charge in [0.15, 0.2) is 17.5 Å². The zero-order valence-electron chi connectivity index (χ0n) is 35.2. The third-order valence-corrected chi connectivity index (χ3v) is 8.02. The standard InChI is InChI=1S/C42H24N4O/c43-25-28-15-6-13-26-14-7-20-32(38(26)28)30-18-8-19-31-29(30)17-9-21-33(31)41-44-40(27-11-2-1-3-12-27)45-42(46-41)35-22-10-24-37-39(35)34-16-4-5-23-36(34)47-37/h1-24H/i1D,2D,3D,8D,9D,11D,12D,17D,18D,19D,21D. The molecule has 5 nitrogen and oxygen atoms in total. The lowest BCUT2D eigenvalue weighted by Crippen LogP contribution is -2.01. The van der Waals surface area contributed by atoms with Gasteiger partial charge in [0.05, 0.1) is 26.7 Å². The molecule has 218 valence electrons. The molecule has 0 amide bonds. The van der Waals surface area contributed by atoms with Crippen LogP contribution in [0.25, 0.3) is 88.8 Å². The highest BCUT2D eigenvalue weighted by Crippen LogP contribution is 2.40. The molecule has 0 saturated heterocycles. The van der Waals surface area contributed by atoms with Crippen LogP contribution in [0.1, 0.15) is 20.6 Å². The summed E-state index contributed by atoms with van der Waals surface area (Å²) in [6.07, 6.45) is 0. The van der Waals surface area contributed by atoms with E-state index in [0.717, 1.165) is 0 Å². The first-order valence-corrected chi connectivity index (χ1v) is 14.5. The molecule has 0 aliphatic heterocycles. The molecule has 0 radical (unpaired) electrons. The molecule has 9 rings (SSSR count). The summed E-state index contributed by atoms with van der Waals surface area (Å²) in [5, 5.41) is 12.1. The van der Waals surface area contributed by atoms with E-state index in [0.29, 0.717) is 43.8 Å². The van der Waals surface area contributed by atoms with Gasteiger partial charge in [-0.3, -0.25) is 0 Å². The molecule has 0 aliphatic rings. The highest BCUT2D eigenvalue weighted by molar-refractivity contribution is 6.12. The van der Waals surface area contributed by atoms with Crippen molar-refractivity contribution in [1.29, 1.82) is 5.26 Å². The summed E-state index contributed by atoms with van der Waals surface area (Å²) in [6, 6.07) is 18.3. The van der Waals surface area contributed by atoms with E-state index in [4.69, 9.17) is 20.4 Å². The Morgan fingerprint density at radius 2 is 1.17 bits per heavy atom. The van der Waals surface area contributed by atoms with E-state index in [-0.39, 0.29) is 50.5 Å². The summed E-state index contributed by atoms with van der Waals surface area (Å²) in [4.78, 5) is 14.1. The van der Waals surface area contributed by atoms with Crippen LogP contribution < -0.4 is 0 Å². The number of hydrogen-bond donors (Lipinski definition) is 0. The quantitative estimate of drug-likeness (QED) is 0.198. The smallest absolute Gasteiger partial charge is 0.164 e. The van der Waals surface area contributed by atoms with Gasteiger partial charge < -0.3 is 4.42 Å². The molecule has 2 aromatic heterocycles. The predicted octanol–water partition coefficient (Wildman–Crippen LogP) is 10.6. The Morgan fingerprint density at radius 1 is 0.511 bits per heavy atom. The van der Waals surface area contributed by atoms with Crippen molar-refractivity contribution < 1.29 is 19.5 Å². The van der Waals surface area contributed by atoms with Crippen LogP contribution in [0.2, 0.25) is 0 Å². The Labute approximate surface area is 285 Å². The van der Waals surface area contributed by atoms with Crippen LogP contribution in [-0.4, -0.2) is 15.0 Å². The number of nitrogens with zero attached hydrogens (tertiary/aromatic N) is 4. The second-order valence-electron chi connectivity index (χ2n) is 10.7. The number of rotatable bonds is 4. The fourth-order valence-electron chi connectivity index (χ4n) is 5.99. The van der Waals surface area contributed by atoms with Gasteiger partial charge in [0, 0.05) is 32.8 Å². The Morgan fingerprint density at radius 3 is 2.00 bits per heavy atom. The molecule has 0 saturated carbocycles. The second-order valence-corrected chi connectivity index (χ2v) is 10.7. The summed E-state index contributed by atoms with van der Waals surface area (Å²) in [5.41, 5.74) is 1.29. The van der Waals surface area contributed by atoms with Crippen LogP contribution in [0.5, 0.6) is 0 Å². The highest BCUT2D eigenvalue weighted by atomic mass is 16.3. The molecule has 2 heterocycles. The molecule has 0 fully saturated rings. The second kappa shape index (κ2) is 10.8. The highest BCUT2D eigenvalue weighted by Gasteiger charge is 2.19. The number of fused-ring (bicyclic) bond motifs is 5. The lowest BCUT2D eigenvalue weighted by molar-refractivity contribution is 0.669. The van der Waals surface area contributed by atoms with Crippen molar-refractivity contribution in [3.05, 3.63) is 151 Å². The summed E-state index contributed by atoms with van der Waals surface area (Å²) in [5.74, 6) is -0.800. The SMILES string of the molecule is [2H]c1c([2H])c([2H])c(-c2nc(-c3c([2H])c([2H])c([2H])c4c(-c5cccc6cccc(C#N)c56)c([2H])c([2H])c([2H])c34)nc(-c3cccc4oc5ccccc5c34)n2)c([2H])c1[2H]. The molecule has 0 aliphatic carbocycles. The molecule has 0 N–H and O–H groups in total. The number of furan rings is 1. The minimum absolute atomic E-state index is 0.0150. The molecule has 0 spiro atoms. The van der Waals surface area contributed by atoms with Crippen molar-refractivity contribution >= 4 is 43.5 Å². The van der Waals surface area contributed by atoms with E-state index in [1.807, 2.05) is 18.2 Å². The Bertz CT molecular complexity index is 3310. The van der Waals surface area contributed by atoms with Crippen LogP contribution in [0.4, 0.5) is 0 Å². The molecule has 0 atom stereocenters. The van der Waals surface area contributed by atoms with Crippen LogP contribution >= 0.6 is 0 Å². The Hall–Kier alpha value is -6.64. The van der Waals surface area contributed by atoms with Crippen molar-refractivity contribution in [2.75, 3.05) is 0 Å². The normalized spacial score (nSPS) is 14.7. The summed E-state index contributed by atoms with van der Waals surface area (Å²) in [6.45, 7) is 0. The molecule has 47 heavy (non-hydrogen) atoms. The van der Waals surface area contributed by atoms with E-state index < -0.39 is 66.5 Å². The lowest BCUT2D eigenvalue weighted by Gasteiger charge is -2.14. The van der Waals surface area contributed by atoms with Crippen molar-refractivity contribution in [3.63, 3.8) is 0 Å². The largest absolute Gasteiger partial charge is 0.456 e. The van der Waals surface area contributed by atoms with Gasteiger partial charge in [-0.05, 0) is 45.5 Å². The predicted molar refractivity (Wildman–Crippen MR) is 189 cm³/mol. The number of hydrogen-bond acceptors (Lipinski definition) is 5. The van der Waals surface area contributed by atoms with Crippen LogP contribution in [0, 0.1) is 11.3 Å². The van der Waals surface area contributed by atoms with Gasteiger partial charge in [-0.15, -0.1) is 0 Å². The zero-order chi connectivity index (χ0) is 40.9. The van der Waals surface area contributed by atoms with Gasteiger partial charge in [-0.25, -0.2) is 15.0 Å². The van der Waals surface area contributed by atoms with E-state index in [1.54, 1.807) is 60.7 Å². The minimum atomic E-state index is -0.646. The first-order chi connectivity index (χ1) is 27.8. The topological polar surface area (TPSA) is 75.6 Å². The van der Waals surface area contributed by atoms with E-state index in [2.05, 4.69) is 16.0 Å². The van der Waals surface area contributed by atoms with E-state index in [1.165, 1.54) is 0 Å². The van der Waals surface area contributed by atoms with E-state index in [9.17, 15) is 9.37 Å². The molecule has 0 bridgehead atoms. The maximum atomic E-state index is 10.1. The van der Waals surface area contributed by atoms with Crippen molar-refractivity contribution in [2.24, 2.45) is 0 Å². The fourth-order valence-corrected chi connectivity index (χ4v) is 5.99. The third kappa shape index (κ3) is 4.35. The van der Waals surface area contributed by atoms with Gasteiger partial charge >= 0.3 is 0 Å². The van der Waals surface area contributed by atoms with Crippen molar-refractivity contribution in [3.8, 4) is 51.4 Å². The molecule has 5 heteroatoms. The third-order valence-electron chi connectivity index (χ3n) is 8.02. The molecular formula is C42H24N4O. The average molecular weight is 612 g/mol. The van der Waals surface area contributed by atoms with Crippen LogP contribution in [0.15, 0.2) is 150 Å². The Kier molecular flexibility index (Phi) is 4.06. The van der Waals surface area contributed by atoms with Crippen molar-refractivity contribution in [2.45, 2.75) is 0 Å². The summed E-state index contributed by atoms with van der Waals surface area (Å²) in [7, 11) is 0. The number of benzene rings is 7. The number of nitriles is 1. The van der Waals surface area contributed by atoms with Gasteiger partial charge in [0.25, 0.3) is 0 Å². The summed E-state index contributed by atoms with van der Waals surface area (Å²) < 4.78 is 104. The maximum Gasteiger partial charge on any atom is 0.164 e. The van der Waals surface area contributed by atoms with Gasteiger partial charge in [-0.2, -0.15) is 5.26 Å². The number of aromatic nitrogens is 3. The van der Waals surface area contributed by atoms with Crippen LogP contribution in [0.3, 0.4) is 0 Å². The van der Waals surface area contributed by atoms with Crippen LogP contribution in [-0.2, 0) is 0 Å². The first-order valence-electron chi connectivity index (χ1n) is 20.0. The van der Waals surface area contributed by atoms with E-state index >= 15 is 0 Å². The van der Waals surface area contributed by atoms with Gasteiger partial charge in [0.1, 0.15) is 11.2 Å². The first kappa shape index (κ1) is 17.7. The maximum absolute atomic E-state index is 10.1. The van der Waals surface area contributed by atoms with Gasteiger partial charge in [0.2, 0.25) is 0 Å². The molecule has 9 aromatic rings. The van der Waals surface area contributed by atoms with Gasteiger partial charge in [-0.1, -0.05) is 127 Å². The molecule has 0 unspecified atom stereocenters. The molecular weight excluding hydrogens is 576 g/mol. The Balaban J connectivity index is 1.46. The minimum Gasteiger partial charge on any atom is -0.456 e. The fraction of sp³-hybridized carbons (Fsp3) is 0. The number of para-hydroxylation sites is 1. The molecule has 7 aromatic carbocycles. The van der Waals surface area contributed by atoms with Crippen molar-refractivity contribution in [1.82, 2.24) is 15.0 Å². The lowest BCUT2D eigenvalue weighted by atomic mass is 9.90. The monoisotopic (exact) mass is 611 g/mol. The zero-order valence-corrected chi connectivity index (χ0v) is 24.2.